The Bertz CT molecular complexity index is 1290. The summed E-state index contributed by atoms with van der Waals surface area (Å²) in [7, 11) is -1.72. The van der Waals surface area contributed by atoms with Gasteiger partial charge in [-0.1, -0.05) is 58.9 Å². The summed E-state index contributed by atoms with van der Waals surface area (Å²) in [4.78, 5) is 19.7. The maximum atomic E-state index is 13.8. The van der Waals surface area contributed by atoms with Crippen molar-refractivity contribution in [2.24, 2.45) is 11.8 Å². The highest BCUT2D eigenvalue weighted by atomic mass is 32.2. The first-order valence-corrected chi connectivity index (χ1v) is 17.6. The zero-order valence-electron chi connectivity index (χ0n) is 25.4. The van der Waals surface area contributed by atoms with Crippen molar-refractivity contribution in [2.75, 3.05) is 26.3 Å². The van der Waals surface area contributed by atoms with Gasteiger partial charge in [-0.05, 0) is 66.7 Å². The molecule has 1 aromatic heterocycles. The van der Waals surface area contributed by atoms with Crippen molar-refractivity contribution in [1.29, 1.82) is 0 Å². The first-order chi connectivity index (χ1) is 20.4. The summed E-state index contributed by atoms with van der Waals surface area (Å²) >= 11 is 1.40. The molecule has 238 valence electrons. The number of alkyl halides is 3. The molecule has 2 aromatic rings. The number of thiazole rings is 1. The highest BCUT2D eigenvalue weighted by Crippen LogP contribution is 2.40. The molecule has 5 rings (SSSR count). The quantitative estimate of drug-likeness (QED) is 0.342. The Morgan fingerprint density at radius 3 is 2.47 bits per heavy atom. The van der Waals surface area contributed by atoms with Crippen molar-refractivity contribution in [3.05, 3.63) is 34.5 Å². The molecule has 2 atom stereocenters. The van der Waals surface area contributed by atoms with Gasteiger partial charge < -0.3 is 10.1 Å². The minimum atomic E-state index is -4.30. The fourth-order valence-electron chi connectivity index (χ4n) is 6.48. The number of ether oxygens (including phenoxy) is 1. The Balaban J connectivity index is 1.47. The number of rotatable bonds is 7. The van der Waals surface area contributed by atoms with Gasteiger partial charge in [0.25, 0.3) is 5.91 Å². The average Bonchev–Trinajstić information content (AvgIpc) is 3.40. The van der Waals surface area contributed by atoms with E-state index in [1.165, 1.54) is 34.9 Å². The van der Waals surface area contributed by atoms with Crippen LogP contribution in [-0.2, 0) is 27.6 Å². The SMILES string of the molecule is CC(C)(C)c1cc(-c2sc(C(=O)NC3CCOCC3)nc2CC2CCCCC2)ccc1S(=O)N1CCCC(C(F)(F)F)C1. The van der Waals surface area contributed by atoms with Crippen LogP contribution < -0.4 is 5.32 Å². The molecule has 2 unspecified atom stereocenters. The van der Waals surface area contributed by atoms with Crippen LogP contribution in [-0.4, -0.2) is 57.9 Å². The van der Waals surface area contributed by atoms with E-state index >= 15 is 0 Å². The van der Waals surface area contributed by atoms with E-state index in [-0.39, 0.29) is 24.9 Å². The maximum Gasteiger partial charge on any atom is 0.393 e. The van der Waals surface area contributed by atoms with E-state index in [0.717, 1.165) is 53.8 Å². The summed E-state index contributed by atoms with van der Waals surface area (Å²) in [6.45, 7) is 7.48. The van der Waals surface area contributed by atoms with Gasteiger partial charge in [0, 0.05) is 32.3 Å². The predicted octanol–water partition coefficient (Wildman–Crippen LogP) is 7.44. The molecular weight excluding hydrogens is 595 g/mol. The average molecular weight is 640 g/mol. The van der Waals surface area contributed by atoms with Gasteiger partial charge in [-0.3, -0.25) is 4.79 Å². The number of benzene rings is 1. The van der Waals surface area contributed by atoms with Gasteiger partial charge in [0.15, 0.2) is 5.01 Å². The second kappa shape index (κ2) is 13.7. The van der Waals surface area contributed by atoms with Gasteiger partial charge >= 0.3 is 6.18 Å². The fourth-order valence-corrected chi connectivity index (χ4v) is 9.09. The molecule has 1 saturated carbocycles. The van der Waals surface area contributed by atoms with Crippen LogP contribution in [0.1, 0.15) is 99.6 Å². The number of carbonyl (C=O) groups is 1. The van der Waals surface area contributed by atoms with Crippen molar-refractivity contribution in [3.63, 3.8) is 0 Å². The lowest BCUT2D eigenvalue weighted by Crippen LogP contribution is -2.42. The van der Waals surface area contributed by atoms with Gasteiger partial charge in [0.1, 0.15) is 11.0 Å². The zero-order chi connectivity index (χ0) is 30.8. The number of piperidine rings is 1. The molecule has 1 N–H and O–H groups in total. The van der Waals surface area contributed by atoms with Gasteiger partial charge in [-0.25, -0.2) is 13.5 Å². The summed E-state index contributed by atoms with van der Waals surface area (Å²) in [5.41, 5.74) is 2.26. The van der Waals surface area contributed by atoms with E-state index in [1.54, 1.807) is 0 Å². The lowest BCUT2D eigenvalue weighted by atomic mass is 9.84. The summed E-state index contributed by atoms with van der Waals surface area (Å²) in [5.74, 6) is -1.10. The molecule has 1 amide bonds. The van der Waals surface area contributed by atoms with Crippen molar-refractivity contribution < 1.29 is 26.9 Å². The summed E-state index contributed by atoms with van der Waals surface area (Å²) in [5, 5.41) is 3.59. The van der Waals surface area contributed by atoms with Crippen molar-refractivity contribution >= 4 is 28.2 Å². The normalized spacial score (nSPS) is 22.4. The summed E-state index contributed by atoms with van der Waals surface area (Å²) in [6.07, 6.45) is 4.50. The molecule has 2 saturated heterocycles. The number of aromatic nitrogens is 1. The van der Waals surface area contributed by atoms with Gasteiger partial charge in [0.2, 0.25) is 0 Å². The number of halogens is 3. The maximum absolute atomic E-state index is 13.8. The third-order valence-electron chi connectivity index (χ3n) is 8.97. The van der Waals surface area contributed by atoms with Crippen LogP contribution in [0, 0.1) is 11.8 Å². The molecule has 0 bridgehead atoms. The van der Waals surface area contributed by atoms with Gasteiger partial charge in [0.05, 0.1) is 21.4 Å². The largest absolute Gasteiger partial charge is 0.393 e. The van der Waals surface area contributed by atoms with E-state index in [1.807, 2.05) is 39.0 Å². The van der Waals surface area contributed by atoms with E-state index in [0.29, 0.717) is 42.0 Å². The highest BCUT2D eigenvalue weighted by Gasteiger charge is 2.43. The lowest BCUT2D eigenvalue weighted by molar-refractivity contribution is -0.182. The molecule has 3 aliphatic rings. The molecule has 0 spiro atoms. The Hall–Kier alpha value is -1.82. The second-order valence-electron chi connectivity index (χ2n) is 13.3. The van der Waals surface area contributed by atoms with Crippen LogP contribution in [0.5, 0.6) is 0 Å². The smallest absolute Gasteiger partial charge is 0.381 e. The monoisotopic (exact) mass is 639 g/mol. The lowest BCUT2D eigenvalue weighted by Gasteiger charge is -2.34. The number of hydrogen-bond donors (Lipinski definition) is 1. The summed E-state index contributed by atoms with van der Waals surface area (Å²) in [6, 6.07) is 5.82. The molecular formula is C32H44F3N3O3S2. The van der Waals surface area contributed by atoms with E-state index < -0.39 is 28.5 Å². The predicted molar refractivity (Wildman–Crippen MR) is 165 cm³/mol. The standard InChI is InChI=1S/C32H44F3N3O3S2/c1-31(2,3)25-19-22(11-12-27(25)43(40)38-15-7-10-23(20-38)32(33,34)35)28-26(18-21-8-5-4-6-9-21)37-30(42-28)29(39)36-24-13-16-41-17-14-24/h11-12,19,21,23-24H,4-10,13-18,20H2,1-3H3,(H,36,39). The highest BCUT2D eigenvalue weighted by molar-refractivity contribution is 7.82. The molecule has 43 heavy (non-hydrogen) atoms. The Morgan fingerprint density at radius 2 is 1.79 bits per heavy atom. The van der Waals surface area contributed by atoms with Crippen LogP contribution >= 0.6 is 11.3 Å². The Morgan fingerprint density at radius 1 is 1.07 bits per heavy atom. The van der Waals surface area contributed by atoms with Crippen LogP contribution in [0.4, 0.5) is 13.2 Å². The van der Waals surface area contributed by atoms with Crippen LogP contribution in [0.3, 0.4) is 0 Å². The third kappa shape index (κ3) is 8.07. The van der Waals surface area contributed by atoms with Crippen molar-refractivity contribution in [1.82, 2.24) is 14.6 Å². The molecule has 11 heteroatoms. The van der Waals surface area contributed by atoms with Gasteiger partial charge in [-0.15, -0.1) is 11.3 Å². The fraction of sp³-hybridized carbons (Fsp3) is 0.688. The molecule has 0 radical (unpaired) electrons. The minimum absolute atomic E-state index is 0.0713. The molecule has 3 fully saturated rings. The summed E-state index contributed by atoms with van der Waals surface area (Å²) < 4.78 is 61.3. The van der Waals surface area contributed by atoms with Crippen LogP contribution in [0.2, 0.25) is 0 Å². The molecule has 2 aliphatic heterocycles. The number of nitrogens with zero attached hydrogens (tertiary/aromatic N) is 2. The molecule has 1 aromatic carbocycles. The number of hydrogen-bond acceptors (Lipinski definition) is 5. The number of carbonyl (C=O) groups excluding carboxylic acids is 1. The second-order valence-corrected chi connectivity index (χ2v) is 15.8. The van der Waals surface area contributed by atoms with Crippen molar-refractivity contribution in [3.8, 4) is 10.4 Å². The third-order valence-corrected chi connectivity index (χ3v) is 11.7. The molecule has 3 heterocycles. The van der Waals surface area contributed by atoms with Gasteiger partial charge in [-0.2, -0.15) is 13.2 Å². The van der Waals surface area contributed by atoms with Crippen molar-refractivity contribution in [2.45, 2.75) is 108 Å². The number of amides is 1. The van der Waals surface area contributed by atoms with Crippen LogP contribution in [0.15, 0.2) is 23.1 Å². The minimum Gasteiger partial charge on any atom is -0.381 e. The Kier molecular flexibility index (Phi) is 10.4. The number of nitrogens with one attached hydrogen (secondary N) is 1. The zero-order valence-corrected chi connectivity index (χ0v) is 27.1. The van der Waals surface area contributed by atoms with E-state index in [9.17, 15) is 22.2 Å². The molecule has 1 aliphatic carbocycles. The topological polar surface area (TPSA) is 71.5 Å². The van der Waals surface area contributed by atoms with Crippen LogP contribution in [0.25, 0.3) is 10.4 Å². The van der Waals surface area contributed by atoms with E-state index in [2.05, 4.69) is 5.32 Å². The molecule has 6 nitrogen and oxygen atoms in total. The first kappa shape index (κ1) is 32.6. The van der Waals surface area contributed by atoms with E-state index in [4.69, 9.17) is 9.72 Å². The Labute approximate surface area is 259 Å². The first-order valence-electron chi connectivity index (χ1n) is 15.7.